The van der Waals surface area contributed by atoms with E-state index in [2.05, 4.69) is 6.92 Å². The van der Waals surface area contributed by atoms with E-state index in [1.54, 1.807) is 0 Å². The van der Waals surface area contributed by atoms with E-state index >= 15 is 0 Å². The van der Waals surface area contributed by atoms with Crippen LogP contribution < -0.4 is 4.90 Å². The molecule has 0 saturated carbocycles. The molecular weight excluding hydrogens is 110 g/mol. The smallest absolute Gasteiger partial charge is 0.0881 e. The van der Waals surface area contributed by atoms with Crippen LogP contribution in [-0.4, -0.2) is 18.6 Å². The summed E-state index contributed by atoms with van der Waals surface area (Å²) < 4.78 is 0. The number of rotatable bonds is 0. The van der Waals surface area contributed by atoms with E-state index < -0.39 is 0 Å². The molecule has 52 valence electrons. The standard InChI is InChI=1S/C8H15N/c1-7-4-5-8-3-2-6-9(7)8/h7-8H,2-6H2,1H3/p+1/t7-,8?/m1/s1. The summed E-state index contributed by atoms with van der Waals surface area (Å²) in [5, 5.41) is 0. The molecule has 0 aromatic carbocycles. The van der Waals surface area contributed by atoms with E-state index in [0.29, 0.717) is 0 Å². The second-order valence-electron chi connectivity index (χ2n) is 3.64. The van der Waals surface area contributed by atoms with Crippen LogP contribution in [0.4, 0.5) is 0 Å². The Morgan fingerprint density at radius 3 is 2.89 bits per heavy atom. The van der Waals surface area contributed by atoms with Gasteiger partial charge in [0.05, 0.1) is 18.6 Å². The molecule has 0 spiro atoms. The van der Waals surface area contributed by atoms with Crippen molar-refractivity contribution in [1.82, 2.24) is 0 Å². The number of nitrogens with one attached hydrogen (secondary N) is 1. The monoisotopic (exact) mass is 126 g/mol. The van der Waals surface area contributed by atoms with Crippen LogP contribution in [0.25, 0.3) is 0 Å². The van der Waals surface area contributed by atoms with Crippen LogP contribution in [0.1, 0.15) is 32.6 Å². The highest BCUT2D eigenvalue weighted by atomic mass is 15.2. The van der Waals surface area contributed by atoms with E-state index in [9.17, 15) is 0 Å². The first kappa shape index (κ1) is 5.72. The molecule has 0 radical (unpaired) electrons. The van der Waals surface area contributed by atoms with E-state index in [-0.39, 0.29) is 0 Å². The fourth-order valence-corrected chi connectivity index (χ4v) is 2.56. The van der Waals surface area contributed by atoms with Crippen LogP contribution in [0.3, 0.4) is 0 Å². The molecule has 0 aliphatic carbocycles. The lowest BCUT2D eigenvalue weighted by molar-refractivity contribution is -0.921. The van der Waals surface area contributed by atoms with Crippen molar-refractivity contribution in [2.45, 2.75) is 44.7 Å². The van der Waals surface area contributed by atoms with Gasteiger partial charge in [0.15, 0.2) is 0 Å². The minimum atomic E-state index is 0.984. The van der Waals surface area contributed by atoms with E-state index in [4.69, 9.17) is 0 Å². The average molecular weight is 126 g/mol. The fraction of sp³-hybridized carbons (Fsp3) is 1.00. The molecular formula is C8H16N+. The normalized spacial score (nSPS) is 49.7. The molecule has 2 aliphatic heterocycles. The molecule has 0 aromatic rings. The van der Waals surface area contributed by atoms with Crippen molar-refractivity contribution in [3.63, 3.8) is 0 Å². The maximum absolute atomic E-state index is 2.40. The van der Waals surface area contributed by atoms with Crippen LogP contribution in [0.2, 0.25) is 0 Å². The molecule has 2 rings (SSSR count). The van der Waals surface area contributed by atoms with Crippen molar-refractivity contribution in [3.8, 4) is 0 Å². The van der Waals surface area contributed by atoms with Gasteiger partial charge in [-0.25, -0.2) is 0 Å². The molecule has 1 heteroatoms. The zero-order valence-corrected chi connectivity index (χ0v) is 6.19. The van der Waals surface area contributed by atoms with Gasteiger partial charge in [-0.1, -0.05) is 0 Å². The Bertz CT molecular complexity index is 111. The van der Waals surface area contributed by atoms with Crippen molar-refractivity contribution in [3.05, 3.63) is 0 Å². The second kappa shape index (κ2) is 1.98. The van der Waals surface area contributed by atoms with Crippen LogP contribution in [0, 0.1) is 0 Å². The minimum Gasteiger partial charge on any atom is -0.330 e. The Balaban J connectivity index is 2.07. The Kier molecular flexibility index (Phi) is 1.26. The van der Waals surface area contributed by atoms with Crippen molar-refractivity contribution in [2.24, 2.45) is 0 Å². The van der Waals surface area contributed by atoms with Gasteiger partial charge < -0.3 is 4.90 Å². The third-order valence-corrected chi connectivity index (χ3v) is 3.12. The lowest BCUT2D eigenvalue weighted by Crippen LogP contribution is -3.14. The third kappa shape index (κ3) is 0.787. The van der Waals surface area contributed by atoms with Gasteiger partial charge in [-0.2, -0.15) is 0 Å². The molecule has 2 heterocycles. The summed E-state index contributed by atoms with van der Waals surface area (Å²) in [6.07, 6.45) is 6.00. The van der Waals surface area contributed by atoms with Crippen molar-refractivity contribution >= 4 is 0 Å². The summed E-state index contributed by atoms with van der Waals surface area (Å²) in [6, 6.07) is 2.05. The Hall–Kier alpha value is -0.0400. The molecule has 0 amide bonds. The van der Waals surface area contributed by atoms with E-state index in [0.717, 1.165) is 12.1 Å². The lowest BCUT2D eigenvalue weighted by atomic mass is 10.1. The van der Waals surface area contributed by atoms with Gasteiger partial charge in [0.2, 0.25) is 0 Å². The minimum absolute atomic E-state index is 0.984. The second-order valence-corrected chi connectivity index (χ2v) is 3.64. The predicted molar refractivity (Wildman–Crippen MR) is 37.5 cm³/mol. The van der Waals surface area contributed by atoms with Gasteiger partial charge in [-0.05, 0) is 6.92 Å². The fourth-order valence-electron chi connectivity index (χ4n) is 2.56. The first-order valence-corrected chi connectivity index (χ1v) is 4.23. The molecule has 9 heavy (non-hydrogen) atoms. The van der Waals surface area contributed by atoms with Gasteiger partial charge in [-0.15, -0.1) is 0 Å². The Morgan fingerprint density at radius 1 is 1.22 bits per heavy atom. The van der Waals surface area contributed by atoms with Gasteiger partial charge in [-0.3, -0.25) is 0 Å². The summed E-state index contributed by atoms with van der Waals surface area (Å²) in [7, 11) is 0. The highest BCUT2D eigenvalue weighted by molar-refractivity contribution is 4.72. The zero-order valence-electron chi connectivity index (χ0n) is 6.19. The Morgan fingerprint density at radius 2 is 2.11 bits per heavy atom. The molecule has 0 bridgehead atoms. The van der Waals surface area contributed by atoms with Crippen LogP contribution >= 0.6 is 0 Å². The van der Waals surface area contributed by atoms with E-state index in [1.807, 2.05) is 4.90 Å². The highest BCUT2D eigenvalue weighted by Gasteiger charge is 2.37. The summed E-state index contributed by atoms with van der Waals surface area (Å²) >= 11 is 0. The number of fused-ring (bicyclic) bond motifs is 1. The molecule has 2 aliphatic rings. The lowest BCUT2D eigenvalue weighted by Gasteiger charge is -2.16. The third-order valence-electron chi connectivity index (χ3n) is 3.12. The van der Waals surface area contributed by atoms with Crippen molar-refractivity contribution < 1.29 is 4.90 Å². The summed E-state index contributed by atoms with van der Waals surface area (Å²) in [4.78, 5) is 1.91. The SMILES string of the molecule is C[C@@H]1CCC2CCC[NH+]21. The summed E-state index contributed by atoms with van der Waals surface area (Å²) in [5.41, 5.74) is 0. The van der Waals surface area contributed by atoms with Gasteiger partial charge in [0.25, 0.3) is 0 Å². The first-order chi connectivity index (χ1) is 4.38. The zero-order chi connectivity index (χ0) is 6.27. The van der Waals surface area contributed by atoms with Crippen LogP contribution in [0.15, 0.2) is 0 Å². The maximum atomic E-state index is 2.40. The topological polar surface area (TPSA) is 4.44 Å². The quantitative estimate of drug-likeness (QED) is 0.473. The van der Waals surface area contributed by atoms with Gasteiger partial charge >= 0.3 is 0 Å². The van der Waals surface area contributed by atoms with Gasteiger partial charge in [0.1, 0.15) is 0 Å². The molecule has 2 saturated heterocycles. The summed E-state index contributed by atoms with van der Waals surface area (Å²) in [6.45, 7) is 3.87. The largest absolute Gasteiger partial charge is 0.330 e. The van der Waals surface area contributed by atoms with Crippen molar-refractivity contribution in [1.29, 1.82) is 0 Å². The predicted octanol–water partition coefficient (Wildman–Crippen LogP) is 0.216. The van der Waals surface area contributed by atoms with Gasteiger partial charge in [0, 0.05) is 25.7 Å². The molecule has 2 fully saturated rings. The van der Waals surface area contributed by atoms with Crippen LogP contribution in [-0.2, 0) is 0 Å². The molecule has 2 unspecified atom stereocenters. The number of hydrogen-bond acceptors (Lipinski definition) is 0. The maximum Gasteiger partial charge on any atom is 0.0881 e. The Labute approximate surface area is 57.0 Å². The first-order valence-electron chi connectivity index (χ1n) is 4.23. The summed E-state index contributed by atoms with van der Waals surface area (Å²) in [5.74, 6) is 0. The molecule has 1 nitrogen and oxygen atoms in total. The number of hydrogen-bond donors (Lipinski definition) is 1. The average Bonchev–Trinajstić information content (AvgIpc) is 2.35. The molecule has 0 aromatic heterocycles. The molecule has 3 atom stereocenters. The highest BCUT2D eigenvalue weighted by Crippen LogP contribution is 2.14. The number of quaternary nitrogens is 1. The molecule has 1 N–H and O–H groups in total. The van der Waals surface area contributed by atoms with Crippen LogP contribution in [0.5, 0.6) is 0 Å². The van der Waals surface area contributed by atoms with Crippen molar-refractivity contribution in [2.75, 3.05) is 6.54 Å². The van der Waals surface area contributed by atoms with E-state index in [1.165, 1.54) is 32.2 Å².